The van der Waals surface area contributed by atoms with E-state index in [1.807, 2.05) is 41.5 Å². The number of likely N-dealkylation sites (tertiary alicyclic amines) is 1. The van der Waals surface area contributed by atoms with Gasteiger partial charge in [0.15, 0.2) is 0 Å². The third kappa shape index (κ3) is 2.87. The first-order valence-corrected chi connectivity index (χ1v) is 7.61. The maximum absolute atomic E-state index is 12.5. The fraction of sp³-hybridized carbons (Fsp3) is 0.500. The van der Waals surface area contributed by atoms with E-state index in [2.05, 4.69) is 0 Å². The molecule has 1 aliphatic rings. The van der Waals surface area contributed by atoms with E-state index in [9.17, 15) is 4.79 Å². The normalized spacial score (nSPS) is 21.0. The lowest BCUT2D eigenvalue weighted by Gasteiger charge is -2.22. The molecular formula is C14H20N2OS. The minimum atomic E-state index is -0.0808. The summed E-state index contributed by atoms with van der Waals surface area (Å²) in [5, 5.41) is -0.0808. The van der Waals surface area contributed by atoms with Gasteiger partial charge in [-0.1, -0.05) is 30.3 Å². The van der Waals surface area contributed by atoms with E-state index in [-0.39, 0.29) is 11.2 Å². The van der Waals surface area contributed by atoms with Gasteiger partial charge < -0.3 is 10.6 Å². The van der Waals surface area contributed by atoms with Gasteiger partial charge in [0, 0.05) is 13.1 Å². The van der Waals surface area contributed by atoms with E-state index in [0.29, 0.717) is 12.5 Å². The number of hydrogen-bond acceptors (Lipinski definition) is 3. The van der Waals surface area contributed by atoms with Crippen LogP contribution in [0.1, 0.15) is 17.2 Å². The number of benzene rings is 1. The van der Waals surface area contributed by atoms with Crippen molar-refractivity contribution in [3.05, 3.63) is 35.9 Å². The number of amides is 1. The van der Waals surface area contributed by atoms with Crippen LogP contribution in [0.2, 0.25) is 0 Å². The van der Waals surface area contributed by atoms with Crippen molar-refractivity contribution < 1.29 is 4.79 Å². The van der Waals surface area contributed by atoms with E-state index in [4.69, 9.17) is 5.73 Å². The van der Waals surface area contributed by atoms with E-state index in [1.165, 1.54) is 0 Å². The SMILES string of the molecule is CSC(C(=O)N1CCC(CN)C1)c1ccccc1. The molecule has 2 unspecified atom stereocenters. The Morgan fingerprint density at radius 3 is 2.78 bits per heavy atom. The van der Waals surface area contributed by atoms with Crippen molar-refractivity contribution in [3.63, 3.8) is 0 Å². The Balaban J connectivity index is 2.07. The molecule has 3 nitrogen and oxygen atoms in total. The standard InChI is InChI=1S/C14H20N2OS/c1-18-13(12-5-3-2-4-6-12)14(17)16-8-7-11(9-15)10-16/h2-6,11,13H,7-10,15H2,1H3. The average Bonchev–Trinajstić information content (AvgIpc) is 2.89. The monoisotopic (exact) mass is 264 g/mol. The second kappa shape index (κ2) is 6.25. The quantitative estimate of drug-likeness (QED) is 0.903. The molecule has 1 aromatic carbocycles. The number of nitrogens with two attached hydrogens (primary N) is 1. The smallest absolute Gasteiger partial charge is 0.240 e. The Morgan fingerprint density at radius 1 is 1.50 bits per heavy atom. The lowest BCUT2D eigenvalue weighted by atomic mass is 10.1. The van der Waals surface area contributed by atoms with Crippen LogP contribution < -0.4 is 5.73 Å². The van der Waals surface area contributed by atoms with Gasteiger partial charge in [0.2, 0.25) is 5.91 Å². The molecule has 0 aromatic heterocycles. The van der Waals surface area contributed by atoms with Gasteiger partial charge in [-0.05, 0) is 30.7 Å². The average molecular weight is 264 g/mol. The number of carbonyl (C=O) groups excluding carboxylic acids is 1. The molecule has 2 N–H and O–H groups in total. The molecular weight excluding hydrogens is 244 g/mol. The highest BCUT2D eigenvalue weighted by atomic mass is 32.2. The van der Waals surface area contributed by atoms with Crippen molar-refractivity contribution in [2.45, 2.75) is 11.7 Å². The van der Waals surface area contributed by atoms with E-state index >= 15 is 0 Å². The Hall–Kier alpha value is -1.00. The summed E-state index contributed by atoms with van der Waals surface area (Å²) in [6.07, 6.45) is 3.03. The summed E-state index contributed by atoms with van der Waals surface area (Å²) in [6.45, 7) is 2.35. The van der Waals surface area contributed by atoms with Gasteiger partial charge in [-0.2, -0.15) is 0 Å². The van der Waals surface area contributed by atoms with Gasteiger partial charge in [0.1, 0.15) is 5.25 Å². The molecule has 0 radical (unpaired) electrons. The van der Waals surface area contributed by atoms with Gasteiger partial charge in [0.05, 0.1) is 0 Å². The largest absolute Gasteiger partial charge is 0.341 e. The maximum atomic E-state index is 12.5. The molecule has 0 saturated carbocycles. The molecule has 2 rings (SSSR count). The first-order chi connectivity index (χ1) is 8.76. The second-order valence-electron chi connectivity index (χ2n) is 4.70. The minimum Gasteiger partial charge on any atom is -0.341 e. The topological polar surface area (TPSA) is 46.3 Å². The number of carbonyl (C=O) groups is 1. The molecule has 4 heteroatoms. The summed E-state index contributed by atoms with van der Waals surface area (Å²) in [5.74, 6) is 0.705. The van der Waals surface area contributed by atoms with Crippen LogP contribution in [0, 0.1) is 5.92 Å². The van der Waals surface area contributed by atoms with Crippen LogP contribution in [0.25, 0.3) is 0 Å². The molecule has 0 aliphatic carbocycles. The zero-order valence-electron chi connectivity index (χ0n) is 10.7. The molecule has 1 aromatic rings. The highest BCUT2D eigenvalue weighted by molar-refractivity contribution is 7.99. The molecule has 18 heavy (non-hydrogen) atoms. The highest BCUT2D eigenvalue weighted by Gasteiger charge is 2.30. The number of thioether (sulfide) groups is 1. The Bertz CT molecular complexity index is 396. The van der Waals surface area contributed by atoms with Crippen LogP contribution in [0.3, 0.4) is 0 Å². The predicted molar refractivity (Wildman–Crippen MR) is 76.4 cm³/mol. The van der Waals surface area contributed by atoms with Crippen molar-refractivity contribution in [2.24, 2.45) is 11.7 Å². The summed E-state index contributed by atoms with van der Waals surface area (Å²) in [7, 11) is 0. The molecule has 1 fully saturated rings. The van der Waals surface area contributed by atoms with E-state index in [0.717, 1.165) is 25.1 Å². The van der Waals surface area contributed by atoms with Gasteiger partial charge >= 0.3 is 0 Å². The van der Waals surface area contributed by atoms with Crippen LogP contribution in [-0.4, -0.2) is 36.7 Å². The minimum absolute atomic E-state index is 0.0808. The summed E-state index contributed by atoms with van der Waals surface area (Å²) in [6, 6.07) is 9.99. The van der Waals surface area contributed by atoms with Gasteiger partial charge in [0.25, 0.3) is 0 Å². The van der Waals surface area contributed by atoms with Crippen molar-refractivity contribution >= 4 is 17.7 Å². The zero-order valence-corrected chi connectivity index (χ0v) is 11.5. The zero-order chi connectivity index (χ0) is 13.0. The van der Waals surface area contributed by atoms with E-state index < -0.39 is 0 Å². The predicted octanol–water partition coefficient (Wildman–Crippen LogP) is 1.90. The summed E-state index contributed by atoms with van der Waals surface area (Å²) in [4.78, 5) is 14.5. The Morgan fingerprint density at radius 2 is 2.22 bits per heavy atom. The molecule has 1 amide bonds. The molecule has 98 valence electrons. The molecule has 0 bridgehead atoms. The first kappa shape index (κ1) is 13.4. The van der Waals surface area contributed by atoms with Crippen LogP contribution in [-0.2, 0) is 4.79 Å². The first-order valence-electron chi connectivity index (χ1n) is 6.33. The van der Waals surface area contributed by atoms with Crippen LogP contribution in [0.5, 0.6) is 0 Å². The van der Waals surface area contributed by atoms with Gasteiger partial charge in [-0.15, -0.1) is 11.8 Å². The van der Waals surface area contributed by atoms with Crippen molar-refractivity contribution in [3.8, 4) is 0 Å². The van der Waals surface area contributed by atoms with Crippen LogP contribution >= 0.6 is 11.8 Å². The molecule has 2 atom stereocenters. The molecule has 0 spiro atoms. The van der Waals surface area contributed by atoms with Gasteiger partial charge in [-0.3, -0.25) is 4.79 Å². The number of rotatable bonds is 4. The lowest BCUT2D eigenvalue weighted by Crippen LogP contribution is -2.33. The van der Waals surface area contributed by atoms with Crippen molar-refractivity contribution in [2.75, 3.05) is 25.9 Å². The molecule has 1 aliphatic heterocycles. The second-order valence-corrected chi connectivity index (χ2v) is 5.64. The fourth-order valence-corrected chi connectivity index (χ4v) is 3.18. The molecule has 1 saturated heterocycles. The van der Waals surface area contributed by atoms with Gasteiger partial charge in [-0.25, -0.2) is 0 Å². The van der Waals surface area contributed by atoms with Crippen LogP contribution in [0.15, 0.2) is 30.3 Å². The van der Waals surface area contributed by atoms with Crippen molar-refractivity contribution in [1.82, 2.24) is 4.90 Å². The fourth-order valence-electron chi connectivity index (χ4n) is 2.40. The van der Waals surface area contributed by atoms with Crippen LogP contribution in [0.4, 0.5) is 0 Å². The summed E-state index contributed by atoms with van der Waals surface area (Å²) >= 11 is 1.60. The molecule has 1 heterocycles. The Labute approximate surface area is 113 Å². The third-order valence-corrected chi connectivity index (χ3v) is 4.44. The lowest BCUT2D eigenvalue weighted by molar-refractivity contribution is -0.129. The summed E-state index contributed by atoms with van der Waals surface area (Å²) < 4.78 is 0. The number of nitrogens with zero attached hydrogens (tertiary/aromatic N) is 1. The number of hydrogen-bond donors (Lipinski definition) is 1. The summed E-state index contributed by atoms with van der Waals surface area (Å²) in [5.41, 5.74) is 6.76. The van der Waals surface area contributed by atoms with E-state index in [1.54, 1.807) is 11.8 Å². The Kier molecular flexibility index (Phi) is 4.66. The maximum Gasteiger partial charge on any atom is 0.240 e. The highest BCUT2D eigenvalue weighted by Crippen LogP contribution is 2.30. The van der Waals surface area contributed by atoms with Crippen molar-refractivity contribution in [1.29, 1.82) is 0 Å². The third-order valence-electron chi connectivity index (χ3n) is 3.49.